The molecule has 1 atom stereocenters. The van der Waals surface area contributed by atoms with Crippen LogP contribution in [0.5, 0.6) is 5.75 Å². The lowest BCUT2D eigenvalue weighted by molar-refractivity contribution is 0.218. The van der Waals surface area contributed by atoms with Gasteiger partial charge in [0.15, 0.2) is 0 Å². The van der Waals surface area contributed by atoms with Gasteiger partial charge in [-0.3, -0.25) is 0 Å². The minimum absolute atomic E-state index is 0.0344. The number of rotatable bonds is 5. The number of hydrogen-bond donors (Lipinski definition) is 2. The lowest BCUT2D eigenvalue weighted by atomic mass is 10.1. The molecule has 5 heteroatoms. The molecule has 0 aromatic heterocycles. The zero-order valence-electron chi connectivity index (χ0n) is 11.4. The standard InChI is InChI=1S/C14H21N3O2/c1-10(2)19-12-5-3-11(4-6-12)13-9-17(8-7-15)14(18)16-13/h3-6,10,13H,7-9,15H2,1-2H3,(H,16,18). The number of urea groups is 1. The van der Waals surface area contributed by atoms with Crippen molar-refractivity contribution >= 4 is 6.03 Å². The Hall–Kier alpha value is -1.75. The summed E-state index contributed by atoms with van der Waals surface area (Å²) in [6.07, 6.45) is 0.164. The molecule has 1 heterocycles. The largest absolute Gasteiger partial charge is 0.491 e. The Bertz CT molecular complexity index is 431. The minimum Gasteiger partial charge on any atom is -0.491 e. The van der Waals surface area contributed by atoms with Crippen molar-refractivity contribution in [1.29, 1.82) is 0 Å². The first-order valence-corrected chi connectivity index (χ1v) is 6.62. The van der Waals surface area contributed by atoms with E-state index in [2.05, 4.69) is 5.32 Å². The molecule has 2 rings (SSSR count). The van der Waals surface area contributed by atoms with E-state index >= 15 is 0 Å². The van der Waals surface area contributed by atoms with Gasteiger partial charge in [0.25, 0.3) is 0 Å². The normalized spacial score (nSPS) is 18.8. The highest BCUT2D eigenvalue weighted by Crippen LogP contribution is 2.22. The average Bonchev–Trinajstić information content (AvgIpc) is 2.72. The molecule has 5 nitrogen and oxygen atoms in total. The number of carbonyl (C=O) groups excluding carboxylic acids is 1. The first-order valence-electron chi connectivity index (χ1n) is 6.62. The minimum atomic E-state index is -0.0436. The summed E-state index contributed by atoms with van der Waals surface area (Å²) < 4.78 is 5.60. The van der Waals surface area contributed by atoms with Gasteiger partial charge in [-0.1, -0.05) is 12.1 Å². The number of benzene rings is 1. The van der Waals surface area contributed by atoms with Crippen LogP contribution in [0.25, 0.3) is 0 Å². The van der Waals surface area contributed by atoms with Crippen molar-refractivity contribution in [1.82, 2.24) is 10.2 Å². The van der Waals surface area contributed by atoms with Crippen LogP contribution in [0.2, 0.25) is 0 Å². The van der Waals surface area contributed by atoms with E-state index in [0.717, 1.165) is 11.3 Å². The van der Waals surface area contributed by atoms with Gasteiger partial charge in [0.05, 0.1) is 12.1 Å². The van der Waals surface area contributed by atoms with E-state index in [-0.39, 0.29) is 18.2 Å². The molecule has 1 aromatic rings. The zero-order chi connectivity index (χ0) is 13.8. The Labute approximate surface area is 113 Å². The van der Waals surface area contributed by atoms with Gasteiger partial charge in [-0.15, -0.1) is 0 Å². The molecule has 1 aliphatic rings. The maximum Gasteiger partial charge on any atom is 0.318 e. The number of hydrogen-bond acceptors (Lipinski definition) is 3. The van der Waals surface area contributed by atoms with Gasteiger partial charge in [0.1, 0.15) is 5.75 Å². The molecule has 1 aliphatic heterocycles. The summed E-state index contributed by atoms with van der Waals surface area (Å²) in [6.45, 7) is 5.74. The molecule has 1 saturated heterocycles. The van der Waals surface area contributed by atoms with Crippen LogP contribution in [-0.4, -0.2) is 36.7 Å². The molecule has 2 amide bonds. The molecule has 104 valence electrons. The van der Waals surface area contributed by atoms with Gasteiger partial charge in [0.2, 0.25) is 0 Å². The van der Waals surface area contributed by atoms with E-state index in [1.807, 2.05) is 38.1 Å². The summed E-state index contributed by atoms with van der Waals surface area (Å²) in [6, 6.07) is 7.86. The van der Waals surface area contributed by atoms with E-state index < -0.39 is 0 Å². The topological polar surface area (TPSA) is 67.6 Å². The highest BCUT2D eigenvalue weighted by Gasteiger charge is 2.28. The molecular formula is C14H21N3O2. The van der Waals surface area contributed by atoms with Gasteiger partial charge < -0.3 is 20.7 Å². The maximum absolute atomic E-state index is 11.7. The van der Waals surface area contributed by atoms with Crippen molar-refractivity contribution in [3.63, 3.8) is 0 Å². The summed E-state index contributed by atoms with van der Waals surface area (Å²) in [7, 11) is 0. The van der Waals surface area contributed by atoms with Crippen LogP contribution in [0.4, 0.5) is 4.79 Å². The Morgan fingerprint density at radius 2 is 2.11 bits per heavy atom. The number of nitrogens with two attached hydrogens (primary N) is 1. The molecule has 3 N–H and O–H groups in total. The van der Waals surface area contributed by atoms with Gasteiger partial charge in [0, 0.05) is 19.6 Å². The monoisotopic (exact) mass is 263 g/mol. The highest BCUT2D eigenvalue weighted by molar-refractivity contribution is 5.77. The van der Waals surface area contributed by atoms with Crippen LogP contribution in [0, 0.1) is 0 Å². The second-order valence-corrected chi connectivity index (χ2v) is 4.97. The average molecular weight is 263 g/mol. The van der Waals surface area contributed by atoms with Crippen LogP contribution in [-0.2, 0) is 0 Å². The van der Waals surface area contributed by atoms with Crippen LogP contribution in [0.3, 0.4) is 0 Å². The summed E-state index contributed by atoms with van der Waals surface area (Å²) in [5, 5.41) is 2.96. The van der Waals surface area contributed by atoms with Crippen LogP contribution in [0.15, 0.2) is 24.3 Å². The van der Waals surface area contributed by atoms with Crippen molar-refractivity contribution in [2.75, 3.05) is 19.6 Å². The molecule has 1 fully saturated rings. The second kappa shape index (κ2) is 5.93. The summed E-state index contributed by atoms with van der Waals surface area (Å²) >= 11 is 0. The van der Waals surface area contributed by atoms with E-state index in [0.29, 0.717) is 19.6 Å². The number of carbonyl (C=O) groups is 1. The Morgan fingerprint density at radius 3 is 2.68 bits per heavy atom. The maximum atomic E-state index is 11.7. The highest BCUT2D eigenvalue weighted by atomic mass is 16.5. The van der Waals surface area contributed by atoms with Gasteiger partial charge in [-0.2, -0.15) is 0 Å². The fourth-order valence-electron chi connectivity index (χ4n) is 2.18. The van der Waals surface area contributed by atoms with Crippen LogP contribution < -0.4 is 15.8 Å². The van der Waals surface area contributed by atoms with E-state index in [9.17, 15) is 4.79 Å². The quantitative estimate of drug-likeness (QED) is 0.846. The molecule has 19 heavy (non-hydrogen) atoms. The van der Waals surface area contributed by atoms with Gasteiger partial charge in [-0.05, 0) is 31.5 Å². The lowest BCUT2D eigenvalue weighted by Gasteiger charge is -2.14. The first-order chi connectivity index (χ1) is 9.10. The number of nitrogens with one attached hydrogen (secondary N) is 1. The SMILES string of the molecule is CC(C)Oc1ccc(C2CN(CCN)C(=O)N2)cc1. The van der Waals surface area contributed by atoms with E-state index in [4.69, 9.17) is 10.5 Å². The third-order valence-corrected chi connectivity index (χ3v) is 3.04. The van der Waals surface area contributed by atoms with Crippen LogP contribution >= 0.6 is 0 Å². The molecular weight excluding hydrogens is 242 g/mol. The predicted octanol–water partition coefficient (Wildman–Crippen LogP) is 1.50. The molecule has 0 saturated carbocycles. The number of nitrogens with zero attached hydrogens (tertiary/aromatic N) is 1. The molecule has 0 aliphatic carbocycles. The summed E-state index contributed by atoms with van der Waals surface area (Å²) in [5.74, 6) is 0.849. The lowest BCUT2D eigenvalue weighted by Crippen LogP contribution is -2.32. The van der Waals surface area contributed by atoms with Crippen molar-refractivity contribution in [2.24, 2.45) is 5.73 Å². The molecule has 0 bridgehead atoms. The molecule has 0 radical (unpaired) electrons. The van der Waals surface area contributed by atoms with Gasteiger partial charge >= 0.3 is 6.03 Å². The smallest absolute Gasteiger partial charge is 0.318 e. The van der Waals surface area contributed by atoms with E-state index in [1.54, 1.807) is 4.90 Å². The van der Waals surface area contributed by atoms with E-state index in [1.165, 1.54) is 0 Å². The Kier molecular flexibility index (Phi) is 4.27. The fourth-order valence-corrected chi connectivity index (χ4v) is 2.18. The van der Waals surface area contributed by atoms with Crippen LogP contribution in [0.1, 0.15) is 25.5 Å². The number of ether oxygens (including phenoxy) is 1. The molecule has 1 unspecified atom stereocenters. The number of amides is 2. The Morgan fingerprint density at radius 1 is 1.42 bits per heavy atom. The Balaban J connectivity index is 2.01. The van der Waals surface area contributed by atoms with Crippen molar-refractivity contribution in [3.05, 3.63) is 29.8 Å². The zero-order valence-corrected chi connectivity index (χ0v) is 11.4. The predicted molar refractivity (Wildman–Crippen MR) is 74.1 cm³/mol. The van der Waals surface area contributed by atoms with Gasteiger partial charge in [-0.25, -0.2) is 4.79 Å². The van der Waals surface area contributed by atoms with Crippen molar-refractivity contribution in [3.8, 4) is 5.75 Å². The summed E-state index contributed by atoms with van der Waals surface area (Å²) in [4.78, 5) is 13.4. The van der Waals surface area contributed by atoms with Crippen molar-refractivity contribution < 1.29 is 9.53 Å². The molecule has 0 spiro atoms. The fraction of sp³-hybridized carbons (Fsp3) is 0.500. The summed E-state index contributed by atoms with van der Waals surface area (Å²) in [5.41, 5.74) is 6.57. The van der Waals surface area contributed by atoms with Crippen molar-refractivity contribution in [2.45, 2.75) is 26.0 Å². The molecule has 1 aromatic carbocycles. The third kappa shape index (κ3) is 3.38. The second-order valence-electron chi connectivity index (χ2n) is 4.97. The third-order valence-electron chi connectivity index (χ3n) is 3.04. The first kappa shape index (κ1) is 13.7.